The molecule has 0 fully saturated rings. The molecule has 1 amide bonds. The molecule has 1 aliphatic rings. The number of amides is 1. The zero-order chi connectivity index (χ0) is 18.7. The summed E-state index contributed by atoms with van der Waals surface area (Å²) < 4.78 is 5.33. The van der Waals surface area contributed by atoms with Gasteiger partial charge in [-0.25, -0.2) is 0 Å². The third-order valence-electron chi connectivity index (χ3n) is 4.37. The molecule has 1 atom stereocenters. The van der Waals surface area contributed by atoms with Gasteiger partial charge in [0.25, 0.3) is 5.91 Å². The van der Waals surface area contributed by atoms with Crippen molar-refractivity contribution in [3.8, 4) is 5.75 Å². The number of benzene rings is 2. The first kappa shape index (κ1) is 17.9. The number of hydrogen-bond acceptors (Lipinski definition) is 3. The van der Waals surface area contributed by atoms with E-state index in [2.05, 4.69) is 16.0 Å². The minimum Gasteiger partial charge on any atom is -0.495 e. The zero-order valence-corrected chi connectivity index (χ0v) is 15.7. The maximum Gasteiger partial charge on any atom is 0.255 e. The van der Waals surface area contributed by atoms with Crippen LogP contribution in [-0.2, 0) is 4.79 Å². The normalized spacial score (nSPS) is 16.6. The lowest BCUT2D eigenvalue weighted by Crippen LogP contribution is -2.46. The Hall–Kier alpha value is -2.86. The lowest BCUT2D eigenvalue weighted by atomic mass is 9.92. The molecule has 2 aromatic carbocycles. The van der Waals surface area contributed by atoms with Gasteiger partial charge in [0.1, 0.15) is 5.75 Å². The van der Waals surface area contributed by atoms with E-state index in [1.54, 1.807) is 7.11 Å². The SMILES string of the molecule is COc1ccccc1NC(=O)C1=C(C)NC(=S)N[C@H]1c1ccccc1C. The second-order valence-corrected chi connectivity index (χ2v) is 6.49. The fourth-order valence-corrected chi connectivity index (χ4v) is 3.35. The molecular formula is C20H21N3O2S. The molecule has 134 valence electrons. The van der Waals surface area contributed by atoms with Gasteiger partial charge in [0.2, 0.25) is 0 Å². The molecule has 0 unspecified atom stereocenters. The second-order valence-electron chi connectivity index (χ2n) is 6.08. The van der Waals surface area contributed by atoms with Gasteiger partial charge in [0, 0.05) is 5.70 Å². The van der Waals surface area contributed by atoms with Crippen molar-refractivity contribution in [2.45, 2.75) is 19.9 Å². The van der Waals surface area contributed by atoms with E-state index >= 15 is 0 Å². The van der Waals surface area contributed by atoms with Crippen LogP contribution in [0.25, 0.3) is 0 Å². The summed E-state index contributed by atoms with van der Waals surface area (Å²) in [5.74, 6) is 0.404. The van der Waals surface area contributed by atoms with E-state index in [9.17, 15) is 4.79 Å². The number of aryl methyl sites for hydroxylation is 1. The maximum absolute atomic E-state index is 13.1. The number of hydrogen-bond donors (Lipinski definition) is 3. The van der Waals surface area contributed by atoms with Crippen LogP contribution in [0.15, 0.2) is 59.8 Å². The lowest BCUT2D eigenvalue weighted by Gasteiger charge is -2.31. The summed E-state index contributed by atoms with van der Waals surface area (Å²) in [5, 5.41) is 9.73. The molecule has 0 saturated heterocycles. The van der Waals surface area contributed by atoms with Crippen LogP contribution < -0.4 is 20.7 Å². The van der Waals surface area contributed by atoms with Crippen molar-refractivity contribution in [1.29, 1.82) is 0 Å². The van der Waals surface area contributed by atoms with Crippen LogP contribution >= 0.6 is 12.2 Å². The van der Waals surface area contributed by atoms with Crippen LogP contribution in [0.5, 0.6) is 5.75 Å². The van der Waals surface area contributed by atoms with Crippen molar-refractivity contribution < 1.29 is 9.53 Å². The Labute approximate surface area is 158 Å². The standard InChI is InChI=1S/C20H21N3O2S/c1-12-8-4-5-9-14(12)18-17(13(2)21-20(26)23-18)19(24)22-15-10-6-7-11-16(15)25-3/h4-11,18H,1-3H3,(H,22,24)(H2,21,23,26)/t18-/m0/s1. The summed E-state index contributed by atoms with van der Waals surface area (Å²) in [5.41, 5.74) is 4.05. The lowest BCUT2D eigenvalue weighted by molar-refractivity contribution is -0.113. The molecule has 0 aliphatic carbocycles. The fourth-order valence-electron chi connectivity index (χ4n) is 3.08. The van der Waals surface area contributed by atoms with E-state index in [-0.39, 0.29) is 11.9 Å². The van der Waals surface area contributed by atoms with E-state index in [1.807, 2.05) is 62.4 Å². The molecule has 6 heteroatoms. The van der Waals surface area contributed by atoms with Crippen molar-refractivity contribution in [1.82, 2.24) is 10.6 Å². The Bertz CT molecular complexity index is 892. The molecule has 5 nitrogen and oxygen atoms in total. The van der Waals surface area contributed by atoms with Gasteiger partial charge in [-0.05, 0) is 49.3 Å². The highest BCUT2D eigenvalue weighted by Crippen LogP contribution is 2.31. The van der Waals surface area contributed by atoms with E-state index in [0.717, 1.165) is 16.8 Å². The van der Waals surface area contributed by atoms with Crippen molar-refractivity contribution in [3.63, 3.8) is 0 Å². The number of methoxy groups -OCH3 is 1. The van der Waals surface area contributed by atoms with Crippen molar-refractivity contribution >= 4 is 28.9 Å². The summed E-state index contributed by atoms with van der Waals surface area (Å²) in [6, 6.07) is 15.0. The highest BCUT2D eigenvalue weighted by molar-refractivity contribution is 7.80. The number of anilines is 1. The van der Waals surface area contributed by atoms with Crippen LogP contribution in [0.1, 0.15) is 24.1 Å². The molecule has 0 radical (unpaired) electrons. The number of nitrogens with one attached hydrogen (secondary N) is 3. The maximum atomic E-state index is 13.1. The van der Waals surface area contributed by atoms with Gasteiger partial charge in [-0.3, -0.25) is 4.79 Å². The topological polar surface area (TPSA) is 62.4 Å². The number of para-hydroxylation sites is 2. The molecule has 2 aromatic rings. The average molecular weight is 367 g/mol. The quantitative estimate of drug-likeness (QED) is 0.723. The van der Waals surface area contributed by atoms with Crippen LogP contribution in [0.3, 0.4) is 0 Å². The van der Waals surface area contributed by atoms with E-state index in [4.69, 9.17) is 17.0 Å². The molecule has 0 saturated carbocycles. The summed E-state index contributed by atoms with van der Waals surface area (Å²) >= 11 is 5.30. The van der Waals surface area contributed by atoms with Gasteiger partial charge in [-0.2, -0.15) is 0 Å². The van der Waals surface area contributed by atoms with Gasteiger partial charge < -0.3 is 20.7 Å². The summed E-state index contributed by atoms with van der Waals surface area (Å²) in [6.07, 6.45) is 0. The number of thiocarbonyl (C=S) groups is 1. The molecule has 1 aliphatic heterocycles. The Morgan fingerprint density at radius 2 is 1.81 bits per heavy atom. The van der Waals surface area contributed by atoms with Gasteiger partial charge in [-0.15, -0.1) is 0 Å². The Kier molecular flexibility index (Phi) is 5.23. The largest absolute Gasteiger partial charge is 0.495 e. The van der Waals surface area contributed by atoms with Crippen LogP contribution in [-0.4, -0.2) is 18.1 Å². The molecule has 1 heterocycles. The number of carbonyl (C=O) groups excluding carboxylic acids is 1. The first-order valence-corrected chi connectivity index (χ1v) is 8.70. The first-order valence-electron chi connectivity index (χ1n) is 8.29. The van der Waals surface area contributed by atoms with Crippen LogP contribution in [0, 0.1) is 6.92 Å². The monoisotopic (exact) mass is 367 g/mol. The molecule has 26 heavy (non-hydrogen) atoms. The molecule has 0 aromatic heterocycles. The highest BCUT2D eigenvalue weighted by Gasteiger charge is 2.30. The van der Waals surface area contributed by atoms with Gasteiger partial charge >= 0.3 is 0 Å². The van der Waals surface area contributed by atoms with Crippen molar-refractivity contribution in [2.24, 2.45) is 0 Å². The van der Waals surface area contributed by atoms with Crippen LogP contribution in [0.4, 0.5) is 5.69 Å². The predicted molar refractivity (Wildman–Crippen MR) is 107 cm³/mol. The number of ether oxygens (including phenoxy) is 1. The first-order chi connectivity index (χ1) is 12.5. The van der Waals surface area contributed by atoms with E-state index in [1.165, 1.54) is 0 Å². The third kappa shape index (κ3) is 3.55. The van der Waals surface area contributed by atoms with Gasteiger partial charge in [0.15, 0.2) is 5.11 Å². The van der Waals surface area contributed by atoms with Crippen molar-refractivity contribution in [2.75, 3.05) is 12.4 Å². The smallest absolute Gasteiger partial charge is 0.255 e. The summed E-state index contributed by atoms with van der Waals surface area (Å²) in [7, 11) is 1.58. The molecular weight excluding hydrogens is 346 g/mol. The molecule has 0 spiro atoms. The summed E-state index contributed by atoms with van der Waals surface area (Å²) in [6.45, 7) is 3.88. The van der Waals surface area contributed by atoms with E-state index < -0.39 is 0 Å². The number of carbonyl (C=O) groups is 1. The second kappa shape index (κ2) is 7.58. The van der Waals surface area contributed by atoms with Gasteiger partial charge in [-0.1, -0.05) is 36.4 Å². The highest BCUT2D eigenvalue weighted by atomic mass is 32.1. The molecule has 0 bridgehead atoms. The molecule has 3 rings (SSSR count). The third-order valence-corrected chi connectivity index (χ3v) is 4.59. The Morgan fingerprint density at radius 1 is 1.12 bits per heavy atom. The van der Waals surface area contributed by atoms with Crippen LogP contribution in [0.2, 0.25) is 0 Å². The average Bonchev–Trinajstić information content (AvgIpc) is 2.61. The Morgan fingerprint density at radius 3 is 2.54 bits per heavy atom. The Balaban J connectivity index is 1.99. The number of allylic oxidation sites excluding steroid dienone is 1. The van der Waals surface area contributed by atoms with E-state index in [0.29, 0.717) is 22.1 Å². The molecule has 3 N–H and O–H groups in total. The number of rotatable bonds is 4. The van der Waals surface area contributed by atoms with Crippen molar-refractivity contribution in [3.05, 3.63) is 70.9 Å². The minimum absolute atomic E-state index is 0.206. The minimum atomic E-state index is -0.320. The van der Waals surface area contributed by atoms with Gasteiger partial charge in [0.05, 0.1) is 24.4 Å². The summed E-state index contributed by atoms with van der Waals surface area (Å²) in [4.78, 5) is 13.1. The zero-order valence-electron chi connectivity index (χ0n) is 14.9. The fraction of sp³-hybridized carbons (Fsp3) is 0.200. The predicted octanol–water partition coefficient (Wildman–Crippen LogP) is 3.44.